The molecule has 0 radical (unpaired) electrons. The molecule has 1 aromatic carbocycles. The second-order valence-electron chi connectivity index (χ2n) is 14.7. The SMILES string of the molecule is C=Cc1nn(C2CCCCO2)c2ccc(-c3cnn(C)c3O[C@@H](C)CN(C)Cc3c(I)c(COC)nn3CCO[Si](C)(C)C(C)(C)C)cc12. The van der Waals surface area contributed by atoms with E-state index in [9.17, 15) is 0 Å². The van der Waals surface area contributed by atoms with Crippen molar-refractivity contribution < 1.29 is 18.6 Å². The molecular formula is C36H54IN7O4Si. The molecule has 0 saturated carbocycles. The molecule has 13 heteroatoms. The summed E-state index contributed by atoms with van der Waals surface area (Å²) in [5.74, 6) is 0.730. The minimum absolute atomic E-state index is 0.0463. The molecule has 5 rings (SSSR count). The van der Waals surface area contributed by atoms with E-state index in [-0.39, 0.29) is 17.4 Å². The highest BCUT2D eigenvalue weighted by atomic mass is 127. The van der Waals surface area contributed by atoms with E-state index in [1.165, 1.54) is 0 Å². The monoisotopic (exact) mass is 803 g/mol. The van der Waals surface area contributed by atoms with Crippen LogP contribution in [0.3, 0.4) is 0 Å². The van der Waals surface area contributed by atoms with Gasteiger partial charge in [-0.1, -0.05) is 33.4 Å². The van der Waals surface area contributed by atoms with Gasteiger partial charge in [0.25, 0.3) is 0 Å². The third kappa shape index (κ3) is 8.50. The molecular weight excluding hydrogens is 749 g/mol. The Balaban J connectivity index is 1.29. The number of rotatable bonds is 15. The summed E-state index contributed by atoms with van der Waals surface area (Å²) in [7, 11) is 3.90. The van der Waals surface area contributed by atoms with Crippen LogP contribution in [0.4, 0.5) is 0 Å². The smallest absolute Gasteiger partial charge is 0.219 e. The molecule has 2 atom stereocenters. The van der Waals surface area contributed by atoms with Crippen LogP contribution in [0.25, 0.3) is 28.1 Å². The first-order valence-electron chi connectivity index (χ1n) is 17.2. The number of ether oxygens (including phenoxy) is 3. The fourth-order valence-corrected chi connectivity index (χ4v) is 7.82. The summed E-state index contributed by atoms with van der Waals surface area (Å²) in [5.41, 5.74) is 5.97. The van der Waals surface area contributed by atoms with Crippen molar-refractivity contribution in [1.29, 1.82) is 0 Å². The van der Waals surface area contributed by atoms with E-state index in [4.69, 9.17) is 28.8 Å². The first kappa shape index (κ1) is 37.7. The maximum atomic E-state index is 6.62. The number of likely N-dealkylation sites (N-methyl/N-ethyl adjacent to an activating group) is 1. The fourth-order valence-electron chi connectivity index (χ4n) is 6.07. The van der Waals surface area contributed by atoms with Crippen molar-refractivity contribution >= 4 is 47.9 Å². The summed E-state index contributed by atoms with van der Waals surface area (Å²) in [6.45, 7) is 21.5. The van der Waals surface area contributed by atoms with Crippen LogP contribution in [-0.4, -0.2) is 82.6 Å². The lowest BCUT2D eigenvalue weighted by Crippen LogP contribution is -2.41. The zero-order chi connectivity index (χ0) is 35.5. The van der Waals surface area contributed by atoms with Crippen LogP contribution in [0, 0.1) is 3.57 Å². The number of nitrogens with zero attached hydrogens (tertiary/aromatic N) is 7. The Kier molecular flexibility index (Phi) is 12.1. The van der Waals surface area contributed by atoms with E-state index < -0.39 is 8.32 Å². The molecule has 0 aliphatic carbocycles. The van der Waals surface area contributed by atoms with Crippen LogP contribution in [0.15, 0.2) is 31.0 Å². The summed E-state index contributed by atoms with van der Waals surface area (Å²) < 4.78 is 31.7. The number of benzene rings is 1. The normalized spacial score (nSPS) is 16.5. The molecule has 0 bridgehead atoms. The fraction of sp³-hybridized carbons (Fsp3) is 0.583. The molecule has 4 aromatic rings. The minimum Gasteiger partial charge on any atom is -0.473 e. The highest BCUT2D eigenvalue weighted by Crippen LogP contribution is 2.37. The third-order valence-electron chi connectivity index (χ3n) is 9.77. The van der Waals surface area contributed by atoms with Crippen LogP contribution in [-0.2, 0) is 40.6 Å². The van der Waals surface area contributed by atoms with E-state index in [2.05, 4.69) is 110 Å². The van der Waals surface area contributed by atoms with Crippen molar-refractivity contribution in [3.63, 3.8) is 0 Å². The van der Waals surface area contributed by atoms with Gasteiger partial charge >= 0.3 is 0 Å². The van der Waals surface area contributed by atoms with Crippen LogP contribution in [0.1, 0.15) is 70.3 Å². The van der Waals surface area contributed by atoms with Crippen LogP contribution < -0.4 is 4.74 Å². The van der Waals surface area contributed by atoms with E-state index in [1.54, 1.807) is 11.8 Å². The average molecular weight is 804 g/mol. The zero-order valence-corrected chi connectivity index (χ0v) is 33.9. The predicted octanol–water partition coefficient (Wildman–Crippen LogP) is 7.65. The Morgan fingerprint density at radius 3 is 2.67 bits per heavy atom. The quantitative estimate of drug-likeness (QED) is 0.0895. The molecule has 1 aliphatic rings. The van der Waals surface area contributed by atoms with Gasteiger partial charge in [-0.05, 0) is 97.7 Å². The van der Waals surface area contributed by atoms with Gasteiger partial charge in [0, 0.05) is 39.2 Å². The maximum Gasteiger partial charge on any atom is 0.219 e. The van der Waals surface area contributed by atoms with Gasteiger partial charge in [-0.15, -0.1) is 0 Å². The van der Waals surface area contributed by atoms with Gasteiger partial charge in [0.05, 0.1) is 52.0 Å². The van der Waals surface area contributed by atoms with Crippen molar-refractivity contribution in [3.05, 3.63) is 51.6 Å². The minimum atomic E-state index is -1.86. The van der Waals surface area contributed by atoms with Crippen LogP contribution in [0.2, 0.25) is 18.1 Å². The van der Waals surface area contributed by atoms with Gasteiger partial charge in [-0.25, -0.2) is 9.36 Å². The standard InChI is InChI=1S/C36H54IN7O4Si/c1-11-29-27-20-26(15-16-31(27)44(40-29)33-14-12-13-18-46-33)28-21-38-42(7)35(28)48-25(2)22-41(6)23-32-34(37)30(24-45-8)39-43(32)17-19-47-49(9,10)36(3,4)5/h11,15-16,20-21,25,33H,1,12-14,17-19,22-24H2,2-10H3/t25-,33?/m0/s1. The molecule has 1 fully saturated rings. The number of aryl methyl sites for hydroxylation is 1. The Bertz CT molecular complexity index is 1730. The second kappa shape index (κ2) is 15.8. The molecule has 49 heavy (non-hydrogen) atoms. The molecule has 4 heterocycles. The van der Waals surface area contributed by atoms with E-state index in [0.29, 0.717) is 26.3 Å². The van der Waals surface area contributed by atoms with Crippen molar-refractivity contribution in [2.45, 2.75) is 97.1 Å². The highest BCUT2D eigenvalue weighted by molar-refractivity contribution is 14.1. The predicted molar refractivity (Wildman–Crippen MR) is 206 cm³/mol. The number of hydrogen-bond donors (Lipinski definition) is 0. The topological polar surface area (TPSA) is 93.6 Å². The first-order valence-corrected chi connectivity index (χ1v) is 21.2. The molecule has 3 aromatic heterocycles. The Morgan fingerprint density at radius 1 is 1.22 bits per heavy atom. The zero-order valence-electron chi connectivity index (χ0n) is 30.8. The van der Waals surface area contributed by atoms with Crippen molar-refractivity contribution in [2.75, 3.05) is 33.9 Å². The summed E-state index contributed by atoms with van der Waals surface area (Å²) in [5, 5.41) is 15.6. The van der Waals surface area contributed by atoms with Gasteiger partial charge in [-0.3, -0.25) is 9.58 Å². The summed E-state index contributed by atoms with van der Waals surface area (Å²) in [6, 6.07) is 6.40. The molecule has 0 amide bonds. The van der Waals surface area contributed by atoms with Crippen molar-refractivity contribution in [3.8, 4) is 17.0 Å². The van der Waals surface area contributed by atoms with Crippen molar-refractivity contribution in [1.82, 2.24) is 34.2 Å². The molecule has 268 valence electrons. The Morgan fingerprint density at radius 2 is 2.00 bits per heavy atom. The Labute approximate surface area is 306 Å². The highest BCUT2D eigenvalue weighted by Gasteiger charge is 2.37. The number of aromatic nitrogens is 6. The Hall–Kier alpha value is -2.56. The third-order valence-corrected chi connectivity index (χ3v) is 15.5. The maximum absolute atomic E-state index is 6.62. The summed E-state index contributed by atoms with van der Waals surface area (Å²) >= 11 is 2.41. The average Bonchev–Trinajstić information content (AvgIpc) is 3.70. The second-order valence-corrected chi connectivity index (χ2v) is 20.6. The van der Waals surface area contributed by atoms with E-state index >= 15 is 0 Å². The van der Waals surface area contributed by atoms with Gasteiger partial charge < -0.3 is 18.6 Å². The molecule has 0 N–H and O–H groups in total. The van der Waals surface area contributed by atoms with Gasteiger partial charge in [0.15, 0.2) is 14.5 Å². The van der Waals surface area contributed by atoms with Crippen LogP contribution >= 0.6 is 22.6 Å². The summed E-state index contributed by atoms with van der Waals surface area (Å²) in [6.07, 6.45) is 6.74. The lowest BCUT2D eigenvalue weighted by atomic mass is 10.1. The summed E-state index contributed by atoms with van der Waals surface area (Å²) in [4.78, 5) is 2.28. The molecule has 1 aliphatic heterocycles. The van der Waals surface area contributed by atoms with Gasteiger partial charge in [0.1, 0.15) is 11.8 Å². The number of methoxy groups -OCH3 is 1. The van der Waals surface area contributed by atoms with E-state index in [1.807, 2.05) is 24.0 Å². The largest absolute Gasteiger partial charge is 0.473 e. The molecule has 11 nitrogen and oxygen atoms in total. The first-order chi connectivity index (χ1) is 23.2. The number of hydrogen-bond acceptors (Lipinski definition) is 8. The lowest BCUT2D eigenvalue weighted by Gasteiger charge is -2.36. The van der Waals surface area contributed by atoms with Gasteiger partial charge in [-0.2, -0.15) is 15.3 Å². The van der Waals surface area contributed by atoms with Gasteiger partial charge in [0.2, 0.25) is 5.88 Å². The number of halogens is 1. The van der Waals surface area contributed by atoms with Crippen molar-refractivity contribution in [2.24, 2.45) is 7.05 Å². The lowest BCUT2D eigenvalue weighted by molar-refractivity contribution is -0.0367. The molecule has 1 unspecified atom stereocenters. The molecule has 0 spiro atoms. The number of fused-ring (bicyclic) bond motifs is 1. The van der Waals surface area contributed by atoms with Crippen LogP contribution in [0.5, 0.6) is 5.88 Å². The molecule has 1 saturated heterocycles. The van der Waals surface area contributed by atoms with E-state index in [0.717, 1.165) is 81.0 Å².